The predicted octanol–water partition coefficient (Wildman–Crippen LogP) is 20.6. The van der Waals surface area contributed by atoms with Crippen LogP contribution in [0.25, 0.3) is 0 Å². The quantitative estimate of drug-likeness (QED) is 0.0197. The molecule has 11 nitrogen and oxygen atoms in total. The van der Waals surface area contributed by atoms with Gasteiger partial charge in [0.25, 0.3) is 0 Å². The molecule has 0 aromatic heterocycles. The van der Waals surface area contributed by atoms with Gasteiger partial charge in [0.05, 0.1) is 19.8 Å². The molecular formula is C70H123O11P. The van der Waals surface area contributed by atoms with Gasteiger partial charge in [-0.15, -0.1) is 0 Å². The third-order valence-corrected chi connectivity index (χ3v) is 15.2. The molecule has 0 aromatic carbocycles. The van der Waals surface area contributed by atoms with Gasteiger partial charge in [-0.3, -0.25) is 23.4 Å². The number of aliphatic hydroxyl groups is 1. The monoisotopic (exact) mass is 1170 g/mol. The number of carbonyl (C=O) groups is 3. The van der Waals surface area contributed by atoms with Crippen LogP contribution < -0.4 is 0 Å². The molecule has 0 amide bonds. The van der Waals surface area contributed by atoms with E-state index in [4.69, 9.17) is 23.3 Å². The number of phosphoric ester groups is 1. The first-order chi connectivity index (χ1) is 40.2. The van der Waals surface area contributed by atoms with E-state index >= 15 is 0 Å². The summed E-state index contributed by atoms with van der Waals surface area (Å²) in [6, 6.07) is 0. The number of ether oxygens (including phenoxy) is 3. The third kappa shape index (κ3) is 61.2. The van der Waals surface area contributed by atoms with Crippen molar-refractivity contribution in [1.82, 2.24) is 0 Å². The van der Waals surface area contributed by atoms with E-state index in [1.54, 1.807) is 0 Å². The Balaban J connectivity index is 4.72. The molecule has 0 saturated carbocycles. The summed E-state index contributed by atoms with van der Waals surface area (Å²) in [5.74, 6) is -1.48. The van der Waals surface area contributed by atoms with Crippen LogP contribution in [0.1, 0.15) is 303 Å². The van der Waals surface area contributed by atoms with Crippen LogP contribution in [0.15, 0.2) is 85.1 Å². The van der Waals surface area contributed by atoms with Crippen LogP contribution in [0.4, 0.5) is 0 Å². The summed E-state index contributed by atoms with van der Waals surface area (Å²) in [5.41, 5.74) is 0. The summed E-state index contributed by atoms with van der Waals surface area (Å²) in [7, 11) is -4.76. The Labute approximate surface area is 502 Å². The Hall–Kier alpha value is -3.34. The van der Waals surface area contributed by atoms with Crippen LogP contribution in [0.2, 0.25) is 0 Å². The molecule has 0 bridgehead atoms. The van der Waals surface area contributed by atoms with Crippen molar-refractivity contribution in [2.45, 2.75) is 315 Å². The predicted molar refractivity (Wildman–Crippen MR) is 344 cm³/mol. The highest BCUT2D eigenvalue weighted by Crippen LogP contribution is 2.43. The van der Waals surface area contributed by atoms with Crippen molar-refractivity contribution in [2.75, 3.05) is 26.4 Å². The van der Waals surface area contributed by atoms with Crippen LogP contribution in [0, 0.1) is 0 Å². The first kappa shape index (κ1) is 78.7. The Bertz CT molecular complexity index is 1700. The maximum Gasteiger partial charge on any atom is 0.472 e. The lowest BCUT2D eigenvalue weighted by molar-refractivity contribution is -0.161. The third-order valence-electron chi connectivity index (χ3n) is 14.3. The van der Waals surface area contributed by atoms with E-state index in [9.17, 15) is 28.9 Å². The molecule has 0 aliphatic rings. The minimum atomic E-state index is -4.76. The first-order valence-electron chi connectivity index (χ1n) is 33.5. The number of unbranched alkanes of at least 4 members (excludes halogenated alkanes) is 31. The fourth-order valence-electron chi connectivity index (χ4n) is 9.20. The average Bonchev–Trinajstić information content (AvgIpc) is 3.49. The van der Waals surface area contributed by atoms with E-state index in [0.29, 0.717) is 19.3 Å². The van der Waals surface area contributed by atoms with Gasteiger partial charge in [-0.2, -0.15) is 0 Å². The lowest BCUT2D eigenvalue weighted by atomic mass is 10.1. The van der Waals surface area contributed by atoms with Crippen LogP contribution in [0.3, 0.4) is 0 Å². The van der Waals surface area contributed by atoms with Crippen molar-refractivity contribution >= 4 is 25.7 Å². The molecule has 0 saturated heterocycles. The average molecular weight is 1170 g/mol. The topological polar surface area (TPSA) is 155 Å². The van der Waals surface area contributed by atoms with Crippen LogP contribution in [-0.4, -0.2) is 66.5 Å². The second-order valence-corrected chi connectivity index (χ2v) is 23.7. The van der Waals surface area contributed by atoms with Gasteiger partial charge < -0.3 is 24.2 Å². The SMILES string of the molecule is CC/C=C\C/C=C\C/C=C\CCCCCCCCCC(=O)OC(CO)COP(=O)(O)OCC(COC(=O)CCCCCCCC/C=C\C/C=C\C/C=C\CCCCC)OC(=O)CCCCCCCCCCC/C=C\CCCCCCCC. The number of esters is 3. The molecule has 82 heavy (non-hydrogen) atoms. The molecule has 3 atom stereocenters. The minimum Gasteiger partial charge on any atom is -0.462 e. The van der Waals surface area contributed by atoms with Gasteiger partial charge in [-0.25, -0.2) is 4.57 Å². The molecule has 0 radical (unpaired) electrons. The lowest BCUT2D eigenvalue weighted by Gasteiger charge is -2.21. The highest BCUT2D eigenvalue weighted by molar-refractivity contribution is 7.47. The minimum absolute atomic E-state index is 0.160. The van der Waals surface area contributed by atoms with Crippen LogP contribution >= 0.6 is 7.82 Å². The standard InChI is InChI=1S/C70H123O11P/c1-4-7-10-13-16-19-22-25-28-31-33-36-38-41-44-47-50-53-56-59-68(72)77-63-67(81-70(74)61-58-55-52-49-46-43-40-37-34-32-29-26-23-20-17-14-11-8-5-2)65-79-82(75,76)78-64-66(62-71)80-69(73)60-57-54-51-48-45-42-39-35-30-27-24-21-18-15-12-9-6-3/h9,12,16,18-19,21,25-30,33,36,66-67,71H,4-8,10-11,13-15,17,20,22-24,31-32,34-35,37-65H2,1-3H3,(H,75,76)/b12-9-,19-16-,21-18-,28-25-,29-26-,30-27-,36-33-. The summed E-state index contributed by atoms with van der Waals surface area (Å²) in [6.07, 6.45) is 75.2. The van der Waals surface area contributed by atoms with Crippen molar-refractivity contribution < 1.29 is 52.2 Å². The molecule has 3 unspecified atom stereocenters. The fourth-order valence-corrected chi connectivity index (χ4v) is 9.98. The molecule has 0 rings (SSSR count). The second kappa shape index (κ2) is 63.7. The van der Waals surface area contributed by atoms with E-state index in [2.05, 4.69) is 106 Å². The zero-order chi connectivity index (χ0) is 59.8. The van der Waals surface area contributed by atoms with Crippen molar-refractivity contribution in [3.8, 4) is 0 Å². The van der Waals surface area contributed by atoms with Crippen molar-refractivity contribution in [1.29, 1.82) is 0 Å². The molecule has 0 aliphatic heterocycles. The van der Waals surface area contributed by atoms with E-state index < -0.39 is 57.8 Å². The van der Waals surface area contributed by atoms with Crippen molar-refractivity contribution in [2.24, 2.45) is 0 Å². The van der Waals surface area contributed by atoms with E-state index in [1.165, 1.54) is 122 Å². The normalized spacial score (nSPS) is 13.8. The van der Waals surface area contributed by atoms with Gasteiger partial charge in [0, 0.05) is 19.3 Å². The Morgan fingerprint density at radius 2 is 0.634 bits per heavy atom. The second-order valence-electron chi connectivity index (χ2n) is 22.2. The first-order valence-corrected chi connectivity index (χ1v) is 35.0. The molecule has 2 N–H and O–H groups in total. The summed E-state index contributed by atoms with van der Waals surface area (Å²) >= 11 is 0. The largest absolute Gasteiger partial charge is 0.472 e. The fraction of sp³-hybridized carbons (Fsp3) is 0.757. The Kier molecular flexibility index (Phi) is 61.1. The van der Waals surface area contributed by atoms with Gasteiger partial charge in [-0.1, -0.05) is 254 Å². The maximum absolute atomic E-state index is 13.0. The van der Waals surface area contributed by atoms with Gasteiger partial charge in [0.1, 0.15) is 12.7 Å². The summed E-state index contributed by atoms with van der Waals surface area (Å²) in [6.45, 7) is 4.52. The summed E-state index contributed by atoms with van der Waals surface area (Å²) < 4.78 is 39.7. The number of carbonyl (C=O) groups excluding carboxylic acids is 3. The number of rotatable bonds is 62. The smallest absolute Gasteiger partial charge is 0.462 e. The van der Waals surface area contributed by atoms with Gasteiger partial charge in [0.2, 0.25) is 0 Å². The molecule has 0 aliphatic carbocycles. The molecule has 0 aromatic rings. The van der Waals surface area contributed by atoms with E-state index in [0.717, 1.165) is 122 Å². The molecule has 0 spiro atoms. The number of phosphoric acid groups is 1. The number of hydrogen-bond acceptors (Lipinski definition) is 10. The van der Waals surface area contributed by atoms with Gasteiger partial charge in [-0.05, 0) is 116 Å². The maximum atomic E-state index is 13.0. The highest BCUT2D eigenvalue weighted by Gasteiger charge is 2.28. The van der Waals surface area contributed by atoms with E-state index in [-0.39, 0.29) is 25.9 Å². The Morgan fingerprint density at radius 1 is 0.354 bits per heavy atom. The van der Waals surface area contributed by atoms with Crippen LogP contribution in [0.5, 0.6) is 0 Å². The summed E-state index contributed by atoms with van der Waals surface area (Å²) in [4.78, 5) is 48.8. The number of aliphatic hydroxyl groups excluding tert-OH is 1. The molecule has 0 heterocycles. The number of allylic oxidation sites excluding steroid dienone is 14. The zero-order valence-corrected chi connectivity index (χ0v) is 53.6. The highest BCUT2D eigenvalue weighted by atomic mass is 31.2. The molecule has 0 fully saturated rings. The molecular weight excluding hydrogens is 1050 g/mol. The zero-order valence-electron chi connectivity index (χ0n) is 52.7. The Morgan fingerprint density at radius 3 is 1.01 bits per heavy atom. The van der Waals surface area contributed by atoms with E-state index in [1.807, 2.05) is 0 Å². The van der Waals surface area contributed by atoms with Gasteiger partial charge >= 0.3 is 25.7 Å². The number of hydrogen-bond donors (Lipinski definition) is 2. The summed E-state index contributed by atoms with van der Waals surface area (Å²) in [5, 5.41) is 9.87. The lowest BCUT2D eigenvalue weighted by Crippen LogP contribution is -2.30. The van der Waals surface area contributed by atoms with Crippen molar-refractivity contribution in [3.05, 3.63) is 85.1 Å². The van der Waals surface area contributed by atoms with Crippen molar-refractivity contribution in [3.63, 3.8) is 0 Å². The van der Waals surface area contributed by atoms with Gasteiger partial charge in [0.15, 0.2) is 6.10 Å². The molecule has 474 valence electrons. The van der Waals surface area contributed by atoms with Crippen LogP contribution in [-0.2, 0) is 42.2 Å². The molecule has 12 heteroatoms.